The quantitative estimate of drug-likeness (QED) is 0.380. The number of ether oxygens (including phenoxy) is 3. The van der Waals surface area contributed by atoms with E-state index in [9.17, 15) is 9.59 Å². The Kier molecular flexibility index (Phi) is 7.44. The Morgan fingerprint density at radius 2 is 1.86 bits per heavy atom. The molecule has 0 spiro atoms. The highest BCUT2D eigenvalue weighted by atomic mass is 16.5. The summed E-state index contributed by atoms with van der Waals surface area (Å²) in [5, 5.41) is 0.751. The van der Waals surface area contributed by atoms with E-state index in [4.69, 9.17) is 18.6 Å². The lowest BCUT2D eigenvalue weighted by atomic mass is 10.1. The maximum Gasteiger partial charge on any atom is 0.336 e. The molecule has 0 aliphatic heterocycles. The summed E-state index contributed by atoms with van der Waals surface area (Å²) in [5.74, 6) is 0.548. The molecule has 28 heavy (non-hydrogen) atoms. The third kappa shape index (κ3) is 6.01. The van der Waals surface area contributed by atoms with Crippen LogP contribution in [0.3, 0.4) is 0 Å². The minimum absolute atomic E-state index is 0.298. The topological polar surface area (TPSA) is 75.0 Å². The number of methoxy groups -OCH3 is 1. The van der Waals surface area contributed by atoms with Crippen LogP contribution in [-0.4, -0.2) is 25.8 Å². The number of carbonyl (C=O) groups is 1. The molecule has 0 radical (unpaired) electrons. The van der Waals surface area contributed by atoms with Gasteiger partial charge in [-0.1, -0.05) is 11.1 Å². The molecule has 150 valence electrons. The molecule has 0 fully saturated rings. The van der Waals surface area contributed by atoms with Crippen LogP contribution in [0, 0.1) is 0 Å². The number of allylic oxidation sites excluding steroid dienone is 1. The van der Waals surface area contributed by atoms with Crippen LogP contribution >= 0.6 is 0 Å². The van der Waals surface area contributed by atoms with Crippen molar-refractivity contribution in [2.45, 2.75) is 40.2 Å². The van der Waals surface area contributed by atoms with Crippen molar-refractivity contribution in [3.05, 3.63) is 58.0 Å². The van der Waals surface area contributed by atoms with Crippen LogP contribution in [-0.2, 0) is 9.53 Å². The van der Waals surface area contributed by atoms with E-state index in [0.717, 1.165) is 16.5 Å². The standard InChI is InChI=1S/C22H26O6/c1-14(2)12-18(27-16(4)23)13-15(3)10-11-26-19-8-6-17-7-9-20(24)28-21(17)22(19)25-5/h6-10,12,18H,11,13H2,1-5H3. The van der Waals surface area contributed by atoms with Gasteiger partial charge in [-0.15, -0.1) is 0 Å². The average molecular weight is 386 g/mol. The van der Waals surface area contributed by atoms with Crippen LogP contribution in [0.4, 0.5) is 0 Å². The first-order chi connectivity index (χ1) is 13.3. The molecule has 0 bridgehead atoms. The molecule has 0 saturated carbocycles. The van der Waals surface area contributed by atoms with Gasteiger partial charge >= 0.3 is 11.6 Å². The van der Waals surface area contributed by atoms with E-state index in [1.165, 1.54) is 20.1 Å². The van der Waals surface area contributed by atoms with Gasteiger partial charge in [0.1, 0.15) is 12.7 Å². The number of rotatable bonds is 8. The van der Waals surface area contributed by atoms with E-state index in [0.29, 0.717) is 30.1 Å². The van der Waals surface area contributed by atoms with Crippen LogP contribution in [0.1, 0.15) is 34.1 Å². The molecule has 0 amide bonds. The number of hydrogen-bond acceptors (Lipinski definition) is 6. The van der Waals surface area contributed by atoms with Gasteiger partial charge < -0.3 is 18.6 Å². The predicted molar refractivity (Wildman–Crippen MR) is 108 cm³/mol. The summed E-state index contributed by atoms with van der Waals surface area (Å²) in [7, 11) is 1.50. The lowest BCUT2D eigenvalue weighted by molar-refractivity contribution is -0.144. The van der Waals surface area contributed by atoms with Gasteiger partial charge in [-0.3, -0.25) is 4.79 Å². The Bertz CT molecular complexity index is 947. The fraction of sp³-hybridized carbons (Fsp3) is 0.364. The van der Waals surface area contributed by atoms with Crippen LogP contribution in [0.2, 0.25) is 0 Å². The van der Waals surface area contributed by atoms with E-state index in [-0.39, 0.29) is 12.1 Å². The molecular formula is C22H26O6. The second kappa shape index (κ2) is 9.78. The first-order valence-corrected chi connectivity index (χ1v) is 9.01. The second-order valence-corrected chi connectivity index (χ2v) is 6.73. The Morgan fingerprint density at radius 1 is 1.14 bits per heavy atom. The molecule has 6 nitrogen and oxygen atoms in total. The zero-order chi connectivity index (χ0) is 20.7. The molecular weight excluding hydrogens is 360 g/mol. The number of esters is 1. The van der Waals surface area contributed by atoms with Crippen molar-refractivity contribution in [2.24, 2.45) is 0 Å². The molecule has 0 N–H and O–H groups in total. The minimum atomic E-state index is -0.450. The molecule has 1 unspecified atom stereocenters. The summed E-state index contributed by atoms with van der Waals surface area (Å²) < 4.78 is 21.8. The van der Waals surface area contributed by atoms with Gasteiger partial charge in [0.25, 0.3) is 0 Å². The molecule has 1 aromatic carbocycles. The van der Waals surface area contributed by atoms with Gasteiger partial charge in [-0.25, -0.2) is 4.79 Å². The highest BCUT2D eigenvalue weighted by molar-refractivity contribution is 5.85. The second-order valence-electron chi connectivity index (χ2n) is 6.73. The number of benzene rings is 1. The highest BCUT2D eigenvalue weighted by Crippen LogP contribution is 2.34. The van der Waals surface area contributed by atoms with Crippen molar-refractivity contribution < 1.29 is 23.4 Å². The maximum atomic E-state index is 11.5. The van der Waals surface area contributed by atoms with E-state index >= 15 is 0 Å². The zero-order valence-corrected chi connectivity index (χ0v) is 16.9. The molecule has 2 rings (SSSR count). The van der Waals surface area contributed by atoms with Crippen LogP contribution in [0.15, 0.2) is 56.8 Å². The minimum Gasteiger partial charge on any atom is -0.490 e. The summed E-state index contributed by atoms with van der Waals surface area (Å²) >= 11 is 0. The fourth-order valence-corrected chi connectivity index (χ4v) is 2.79. The fourth-order valence-electron chi connectivity index (χ4n) is 2.79. The maximum absolute atomic E-state index is 11.5. The van der Waals surface area contributed by atoms with E-state index in [2.05, 4.69) is 0 Å². The Morgan fingerprint density at radius 3 is 2.50 bits per heavy atom. The summed E-state index contributed by atoms with van der Waals surface area (Å²) in [6.07, 6.45) is 4.12. The van der Waals surface area contributed by atoms with Crippen molar-refractivity contribution in [3.63, 3.8) is 0 Å². The van der Waals surface area contributed by atoms with Crippen LogP contribution in [0.5, 0.6) is 11.5 Å². The normalized spacial score (nSPS) is 12.4. The van der Waals surface area contributed by atoms with E-state index in [1.54, 1.807) is 18.2 Å². The first kappa shape index (κ1) is 21.3. The Labute approximate surface area is 164 Å². The summed E-state index contributed by atoms with van der Waals surface area (Å²) in [6, 6.07) is 6.61. The van der Waals surface area contributed by atoms with E-state index in [1.807, 2.05) is 32.9 Å². The molecule has 1 aromatic heterocycles. The predicted octanol–water partition coefficient (Wildman–Crippen LogP) is 4.41. The van der Waals surface area contributed by atoms with Gasteiger partial charge in [0.05, 0.1) is 7.11 Å². The highest BCUT2D eigenvalue weighted by Gasteiger charge is 2.13. The third-order valence-corrected chi connectivity index (χ3v) is 3.94. The molecule has 6 heteroatoms. The summed E-state index contributed by atoms with van der Waals surface area (Å²) in [5.41, 5.74) is 2.01. The Balaban J connectivity index is 2.11. The first-order valence-electron chi connectivity index (χ1n) is 9.01. The van der Waals surface area contributed by atoms with Gasteiger partial charge in [0, 0.05) is 24.8 Å². The largest absolute Gasteiger partial charge is 0.490 e. The number of hydrogen-bond donors (Lipinski definition) is 0. The number of carbonyl (C=O) groups excluding carboxylic acids is 1. The van der Waals surface area contributed by atoms with Crippen LogP contribution in [0.25, 0.3) is 11.0 Å². The van der Waals surface area contributed by atoms with Crippen molar-refractivity contribution >= 4 is 16.9 Å². The third-order valence-electron chi connectivity index (χ3n) is 3.94. The lowest BCUT2D eigenvalue weighted by Gasteiger charge is -2.15. The van der Waals surface area contributed by atoms with Crippen LogP contribution < -0.4 is 15.1 Å². The Hall–Kier alpha value is -3.02. The monoisotopic (exact) mass is 386 g/mol. The smallest absolute Gasteiger partial charge is 0.336 e. The average Bonchev–Trinajstić information content (AvgIpc) is 2.60. The van der Waals surface area contributed by atoms with Gasteiger partial charge in [0.15, 0.2) is 11.3 Å². The zero-order valence-electron chi connectivity index (χ0n) is 16.9. The number of fused-ring (bicyclic) bond motifs is 1. The molecule has 1 heterocycles. The SMILES string of the molecule is COc1c(OCC=C(C)CC(C=C(C)C)OC(C)=O)ccc2ccc(=O)oc12. The van der Waals surface area contributed by atoms with Crippen molar-refractivity contribution in [2.75, 3.05) is 13.7 Å². The van der Waals surface area contributed by atoms with Crippen molar-refractivity contribution in [3.8, 4) is 11.5 Å². The van der Waals surface area contributed by atoms with Gasteiger partial charge in [-0.05, 0) is 51.1 Å². The molecule has 1 atom stereocenters. The molecule has 0 saturated heterocycles. The molecule has 0 aliphatic rings. The summed E-state index contributed by atoms with van der Waals surface area (Å²) in [4.78, 5) is 22.8. The molecule has 2 aromatic rings. The summed E-state index contributed by atoms with van der Waals surface area (Å²) in [6.45, 7) is 7.58. The van der Waals surface area contributed by atoms with Gasteiger partial charge in [-0.2, -0.15) is 0 Å². The molecule has 0 aliphatic carbocycles. The van der Waals surface area contributed by atoms with Crippen molar-refractivity contribution in [1.29, 1.82) is 0 Å². The lowest BCUT2D eigenvalue weighted by Crippen LogP contribution is -2.14. The van der Waals surface area contributed by atoms with Gasteiger partial charge in [0.2, 0.25) is 5.75 Å². The van der Waals surface area contributed by atoms with E-state index < -0.39 is 5.63 Å². The van der Waals surface area contributed by atoms with Crippen molar-refractivity contribution in [1.82, 2.24) is 0 Å².